The molecule has 10 heteroatoms. The molecule has 1 N–H and O–H groups in total. The zero-order chi connectivity index (χ0) is 20.7. The van der Waals surface area contributed by atoms with Crippen LogP contribution in [0.25, 0.3) is 0 Å². The topological polar surface area (TPSA) is 112 Å². The molecule has 0 radical (unpaired) electrons. The maximum Gasteiger partial charge on any atom is 0.339 e. The molecule has 9 nitrogen and oxygen atoms in total. The summed E-state index contributed by atoms with van der Waals surface area (Å²) >= 11 is 1.19. The molecule has 0 fully saturated rings. The Balaban J connectivity index is 2.16. The number of ether oxygens (including phenoxy) is 2. The Labute approximate surface area is 166 Å². The molecule has 0 bridgehead atoms. The monoisotopic (exact) mass is 404 g/mol. The van der Waals surface area contributed by atoms with Crippen molar-refractivity contribution >= 4 is 35.3 Å². The number of carbonyl (C=O) groups is 3. The number of nitrogens with zero attached hydrogens (tertiary/aromatic N) is 3. The van der Waals surface area contributed by atoms with Crippen LogP contribution in [-0.4, -0.2) is 52.6 Å². The molecule has 1 aromatic carbocycles. The van der Waals surface area contributed by atoms with Gasteiger partial charge in [-0.3, -0.25) is 4.79 Å². The Kier molecular flexibility index (Phi) is 7.33. The number of hydrogen-bond donors (Lipinski definition) is 1. The van der Waals surface area contributed by atoms with Gasteiger partial charge in [0, 0.05) is 6.54 Å². The second kappa shape index (κ2) is 9.70. The van der Waals surface area contributed by atoms with Crippen LogP contribution in [0.15, 0.2) is 36.0 Å². The highest BCUT2D eigenvalue weighted by Crippen LogP contribution is 2.21. The van der Waals surface area contributed by atoms with E-state index in [-0.39, 0.29) is 28.5 Å². The van der Waals surface area contributed by atoms with Gasteiger partial charge in [0.05, 0.1) is 36.8 Å². The zero-order valence-corrected chi connectivity index (χ0v) is 16.5. The number of rotatable bonds is 8. The summed E-state index contributed by atoms with van der Waals surface area (Å²) in [7, 11) is 2.47. The van der Waals surface area contributed by atoms with E-state index in [9.17, 15) is 14.4 Å². The molecule has 0 saturated carbocycles. The normalized spacial score (nSPS) is 10.2. The number of methoxy groups -OCH3 is 2. The van der Waals surface area contributed by atoms with Crippen LogP contribution in [0.2, 0.25) is 0 Å². The SMILES string of the molecule is C=CCn1c(C)nnc1SCC(=O)Nc1cc(C(=O)OC)ccc1C(=O)OC. The third kappa shape index (κ3) is 4.97. The van der Waals surface area contributed by atoms with E-state index in [2.05, 4.69) is 26.8 Å². The third-order valence-corrected chi connectivity index (χ3v) is 4.63. The first-order valence-electron chi connectivity index (χ1n) is 8.15. The lowest BCUT2D eigenvalue weighted by Gasteiger charge is -2.11. The van der Waals surface area contributed by atoms with Gasteiger partial charge < -0.3 is 19.4 Å². The molecule has 1 aromatic heterocycles. The van der Waals surface area contributed by atoms with Gasteiger partial charge in [-0.05, 0) is 25.1 Å². The molecule has 1 heterocycles. The van der Waals surface area contributed by atoms with Gasteiger partial charge in [-0.15, -0.1) is 16.8 Å². The Morgan fingerprint density at radius 3 is 2.57 bits per heavy atom. The first-order valence-corrected chi connectivity index (χ1v) is 9.13. The van der Waals surface area contributed by atoms with E-state index >= 15 is 0 Å². The maximum atomic E-state index is 12.4. The van der Waals surface area contributed by atoms with Gasteiger partial charge >= 0.3 is 11.9 Å². The second-order valence-corrected chi connectivity index (χ2v) is 6.45. The Morgan fingerprint density at radius 2 is 1.93 bits per heavy atom. The summed E-state index contributed by atoms with van der Waals surface area (Å²) in [4.78, 5) is 36.1. The second-order valence-electron chi connectivity index (χ2n) is 5.51. The fourth-order valence-corrected chi connectivity index (χ4v) is 3.10. The van der Waals surface area contributed by atoms with Gasteiger partial charge in [0.2, 0.25) is 5.91 Å². The molecule has 2 aromatic rings. The summed E-state index contributed by atoms with van der Waals surface area (Å²) < 4.78 is 11.2. The molecular formula is C18H20N4O5S. The van der Waals surface area contributed by atoms with Crippen LogP contribution < -0.4 is 5.32 Å². The van der Waals surface area contributed by atoms with Crippen LogP contribution in [0.3, 0.4) is 0 Å². The number of amides is 1. The first-order chi connectivity index (χ1) is 13.4. The summed E-state index contributed by atoms with van der Waals surface area (Å²) in [6, 6.07) is 4.18. The van der Waals surface area contributed by atoms with Crippen LogP contribution in [0, 0.1) is 6.92 Å². The lowest BCUT2D eigenvalue weighted by Crippen LogP contribution is -2.18. The minimum Gasteiger partial charge on any atom is -0.465 e. The lowest BCUT2D eigenvalue weighted by molar-refractivity contribution is -0.113. The molecule has 0 spiro atoms. The molecule has 0 unspecified atom stereocenters. The van der Waals surface area contributed by atoms with E-state index < -0.39 is 11.9 Å². The van der Waals surface area contributed by atoms with Crippen LogP contribution >= 0.6 is 11.8 Å². The number of anilines is 1. The highest BCUT2D eigenvalue weighted by Gasteiger charge is 2.18. The molecule has 0 saturated heterocycles. The lowest BCUT2D eigenvalue weighted by atomic mass is 10.1. The number of carbonyl (C=O) groups excluding carboxylic acids is 3. The highest BCUT2D eigenvalue weighted by atomic mass is 32.2. The number of nitrogens with one attached hydrogen (secondary N) is 1. The quantitative estimate of drug-likeness (QED) is 0.404. The van der Waals surface area contributed by atoms with E-state index in [0.29, 0.717) is 17.5 Å². The van der Waals surface area contributed by atoms with Crippen molar-refractivity contribution in [3.63, 3.8) is 0 Å². The molecule has 0 aliphatic rings. The van der Waals surface area contributed by atoms with Crippen molar-refractivity contribution in [1.82, 2.24) is 14.8 Å². The molecule has 0 aliphatic carbocycles. The standard InChI is InChI=1S/C18H20N4O5S/c1-5-8-22-11(2)20-21-18(22)28-10-15(23)19-14-9-12(16(24)26-3)6-7-13(14)17(25)27-4/h5-7,9H,1,8,10H2,2-4H3,(H,19,23). The van der Waals surface area contributed by atoms with Gasteiger partial charge in [0.1, 0.15) is 5.82 Å². The minimum absolute atomic E-state index is 0.0261. The molecular weight excluding hydrogens is 384 g/mol. The Morgan fingerprint density at radius 1 is 1.21 bits per heavy atom. The van der Waals surface area contributed by atoms with Crippen molar-refractivity contribution < 1.29 is 23.9 Å². The van der Waals surface area contributed by atoms with Crippen molar-refractivity contribution in [2.24, 2.45) is 0 Å². The van der Waals surface area contributed by atoms with E-state index in [4.69, 9.17) is 4.74 Å². The summed E-state index contributed by atoms with van der Waals surface area (Å²) in [5.74, 6) is -0.877. The summed E-state index contributed by atoms with van der Waals surface area (Å²) in [6.45, 7) is 6.02. The number of aryl methyl sites for hydroxylation is 1. The average molecular weight is 404 g/mol. The number of hydrogen-bond acceptors (Lipinski definition) is 8. The fraction of sp³-hybridized carbons (Fsp3) is 0.278. The van der Waals surface area contributed by atoms with E-state index in [1.165, 1.54) is 44.2 Å². The van der Waals surface area contributed by atoms with Gasteiger partial charge in [-0.2, -0.15) is 0 Å². The van der Waals surface area contributed by atoms with E-state index in [1.54, 1.807) is 6.08 Å². The Bertz CT molecular complexity index is 909. The summed E-state index contributed by atoms with van der Waals surface area (Å²) in [5.41, 5.74) is 0.475. The summed E-state index contributed by atoms with van der Waals surface area (Å²) in [5, 5.41) is 11.2. The fourth-order valence-electron chi connectivity index (χ4n) is 2.30. The van der Waals surface area contributed by atoms with Crippen molar-refractivity contribution in [3.8, 4) is 0 Å². The molecule has 1 amide bonds. The molecule has 2 rings (SSSR count). The van der Waals surface area contributed by atoms with Crippen LogP contribution in [0.1, 0.15) is 26.5 Å². The molecule has 148 valence electrons. The minimum atomic E-state index is -0.638. The number of allylic oxidation sites excluding steroid dienone is 1. The number of aromatic nitrogens is 3. The van der Waals surface area contributed by atoms with Gasteiger partial charge in [0.15, 0.2) is 5.16 Å². The zero-order valence-electron chi connectivity index (χ0n) is 15.7. The van der Waals surface area contributed by atoms with Crippen LogP contribution in [-0.2, 0) is 20.8 Å². The Hall–Kier alpha value is -3.14. The van der Waals surface area contributed by atoms with Crippen molar-refractivity contribution in [3.05, 3.63) is 47.8 Å². The maximum absolute atomic E-state index is 12.4. The number of thioether (sulfide) groups is 1. The predicted octanol–water partition coefficient (Wildman–Crippen LogP) is 2.08. The van der Waals surface area contributed by atoms with Gasteiger partial charge in [0.25, 0.3) is 0 Å². The summed E-state index contributed by atoms with van der Waals surface area (Å²) in [6.07, 6.45) is 1.71. The first kappa shape index (κ1) is 21.2. The third-order valence-electron chi connectivity index (χ3n) is 3.67. The molecule has 0 atom stereocenters. The smallest absolute Gasteiger partial charge is 0.339 e. The van der Waals surface area contributed by atoms with Gasteiger partial charge in [-0.25, -0.2) is 9.59 Å². The van der Waals surface area contributed by atoms with Gasteiger partial charge in [-0.1, -0.05) is 17.8 Å². The van der Waals surface area contributed by atoms with Crippen molar-refractivity contribution in [2.45, 2.75) is 18.6 Å². The largest absolute Gasteiger partial charge is 0.465 e. The predicted molar refractivity (Wildman–Crippen MR) is 103 cm³/mol. The van der Waals surface area contributed by atoms with Crippen LogP contribution in [0.5, 0.6) is 0 Å². The van der Waals surface area contributed by atoms with Crippen LogP contribution in [0.4, 0.5) is 5.69 Å². The van der Waals surface area contributed by atoms with E-state index in [1.807, 2.05) is 11.5 Å². The molecule has 0 aliphatic heterocycles. The van der Waals surface area contributed by atoms with Crippen molar-refractivity contribution in [1.29, 1.82) is 0 Å². The van der Waals surface area contributed by atoms with E-state index in [0.717, 1.165) is 0 Å². The highest BCUT2D eigenvalue weighted by molar-refractivity contribution is 7.99. The molecule has 28 heavy (non-hydrogen) atoms. The number of esters is 2. The number of benzene rings is 1. The van der Waals surface area contributed by atoms with Crippen molar-refractivity contribution in [2.75, 3.05) is 25.3 Å². The average Bonchev–Trinajstić information content (AvgIpc) is 3.05.